The molecule has 4 heterocycles. The van der Waals surface area contributed by atoms with Crippen molar-refractivity contribution in [3.05, 3.63) is 54.8 Å². The van der Waals surface area contributed by atoms with Gasteiger partial charge >= 0.3 is 27.0 Å². The van der Waals surface area contributed by atoms with Crippen molar-refractivity contribution in [3.8, 4) is 0 Å². The predicted molar refractivity (Wildman–Crippen MR) is 135 cm³/mol. The van der Waals surface area contributed by atoms with E-state index in [1.54, 1.807) is 6.92 Å². The molecule has 7 N–H and O–H groups in total. The number of hydrogen-bond acceptors (Lipinski definition) is 13. The third kappa shape index (κ3) is 7.65. The van der Waals surface area contributed by atoms with Gasteiger partial charge in [-0.3, -0.25) is 32.5 Å². The van der Waals surface area contributed by atoms with Gasteiger partial charge in [0.15, 0.2) is 0 Å². The van der Waals surface area contributed by atoms with Crippen molar-refractivity contribution < 1.29 is 52.0 Å². The Bertz CT molecular complexity index is 1550. The first kappa shape index (κ1) is 31.4. The molecule has 0 aromatic carbocycles. The van der Waals surface area contributed by atoms with Crippen molar-refractivity contribution in [2.24, 2.45) is 0 Å². The summed E-state index contributed by atoms with van der Waals surface area (Å²) in [5.41, 5.74) is 4.10. The highest BCUT2D eigenvalue weighted by Gasteiger charge is 2.44. The van der Waals surface area contributed by atoms with Gasteiger partial charge in [-0.2, -0.15) is 4.98 Å². The van der Waals surface area contributed by atoms with Crippen LogP contribution in [0, 0.1) is 13.8 Å². The fraction of sp³-hybridized carbons (Fsp3) is 0.600. The van der Waals surface area contributed by atoms with E-state index in [0.29, 0.717) is 5.56 Å². The Morgan fingerprint density at radius 2 is 1.61 bits per heavy atom. The van der Waals surface area contributed by atoms with Crippen LogP contribution >= 0.6 is 15.6 Å². The number of nitrogens with two attached hydrogens (primary N) is 1. The number of aliphatic hydroxyl groups is 1. The number of rotatable bonds is 10. The van der Waals surface area contributed by atoms with E-state index in [0.717, 1.165) is 9.13 Å². The van der Waals surface area contributed by atoms with Gasteiger partial charge < -0.3 is 35.0 Å². The highest BCUT2D eigenvalue weighted by Crippen LogP contribution is 2.49. The van der Waals surface area contributed by atoms with Crippen LogP contribution in [0.2, 0.25) is 0 Å². The van der Waals surface area contributed by atoms with Crippen LogP contribution < -0.4 is 22.7 Å². The lowest BCUT2D eigenvalue weighted by atomic mass is 10.2. The number of nitrogens with one attached hydrogen (secondary N) is 1. The van der Waals surface area contributed by atoms with E-state index in [-0.39, 0.29) is 24.2 Å². The predicted octanol–water partition coefficient (Wildman–Crippen LogP) is -1.46. The molecule has 228 valence electrons. The van der Waals surface area contributed by atoms with E-state index in [9.17, 15) is 33.5 Å². The van der Waals surface area contributed by atoms with Crippen LogP contribution in [-0.4, -0.2) is 76.5 Å². The van der Waals surface area contributed by atoms with E-state index < -0.39 is 82.7 Å². The molecule has 0 amide bonds. The first-order chi connectivity index (χ1) is 19.0. The highest BCUT2D eigenvalue weighted by atomic mass is 31.2. The summed E-state index contributed by atoms with van der Waals surface area (Å²) in [5.74, 6) is -0.0224. The largest absolute Gasteiger partial charge is 0.472 e. The monoisotopic (exact) mass is 625 g/mol. The number of nitrogens with zero attached hydrogens (tertiary/aromatic N) is 3. The number of H-pyrrole nitrogens is 1. The summed E-state index contributed by atoms with van der Waals surface area (Å²) in [5, 5.41) is 10.4. The Balaban J connectivity index is 1.44. The fourth-order valence-electron chi connectivity index (χ4n) is 4.29. The molecule has 0 spiro atoms. The summed E-state index contributed by atoms with van der Waals surface area (Å²) >= 11 is 0. The topological polar surface area (TPSA) is 277 Å². The number of nitrogen functional groups attached to an aromatic ring is 1. The highest BCUT2D eigenvalue weighted by molar-refractivity contribution is 7.47. The number of anilines is 1. The van der Waals surface area contributed by atoms with Gasteiger partial charge in [-0.15, -0.1) is 0 Å². The molecule has 7 atom stereocenters. The van der Waals surface area contributed by atoms with Crippen LogP contribution in [0.1, 0.15) is 36.4 Å². The van der Waals surface area contributed by atoms with E-state index in [1.165, 1.54) is 19.3 Å². The first-order valence-corrected chi connectivity index (χ1v) is 15.1. The Morgan fingerprint density at radius 1 is 1.00 bits per heavy atom. The summed E-state index contributed by atoms with van der Waals surface area (Å²) in [6.07, 6.45) is -5.01. The molecular formula is C20H29N5O14P2. The standard InChI is InChI=1S/C20H29N5O14P2/c1-9-5-24(19(28)22-17(9)21)16-4-12(14(38-16)8-35-40(30,31)32)39-41(33,34)36-7-13-11(26)3-15(37-13)25-6-10(2)18(27)23-20(25)29/h5-6,11-16,26H,3-4,7-8H2,1-2H3,(H,33,34)(H2,21,22,28)(H,23,27,29)(H2,30,31,32)/t11-,12-,13+,14+,15+,16-/m0/s1. The molecule has 2 fully saturated rings. The number of phosphoric ester groups is 2. The number of phosphoric acid groups is 2. The second-order valence-electron chi connectivity index (χ2n) is 9.47. The molecule has 1 unspecified atom stereocenters. The van der Waals surface area contributed by atoms with Crippen molar-refractivity contribution in [1.82, 2.24) is 19.1 Å². The van der Waals surface area contributed by atoms with Gasteiger partial charge in [-0.25, -0.2) is 18.7 Å². The van der Waals surface area contributed by atoms with Crippen LogP contribution in [0.3, 0.4) is 0 Å². The Morgan fingerprint density at radius 3 is 2.29 bits per heavy atom. The number of aliphatic hydroxyl groups excluding tert-OH is 1. The zero-order chi connectivity index (χ0) is 30.3. The number of ether oxygens (including phenoxy) is 2. The van der Waals surface area contributed by atoms with Gasteiger partial charge in [0, 0.05) is 36.4 Å². The van der Waals surface area contributed by atoms with Gasteiger partial charge in [0.05, 0.1) is 19.3 Å². The van der Waals surface area contributed by atoms with E-state index in [4.69, 9.17) is 34.0 Å². The van der Waals surface area contributed by atoms with Crippen LogP contribution in [0.15, 0.2) is 26.8 Å². The average molecular weight is 625 g/mol. The normalized spacial score (nSPS) is 28.1. The first-order valence-electron chi connectivity index (χ1n) is 12.0. The fourth-order valence-corrected chi connectivity index (χ4v) is 5.59. The van der Waals surface area contributed by atoms with Crippen LogP contribution in [0.5, 0.6) is 0 Å². The van der Waals surface area contributed by atoms with Gasteiger partial charge in [0.1, 0.15) is 36.6 Å². The molecule has 2 aromatic rings. The molecule has 0 aliphatic carbocycles. The lowest BCUT2D eigenvalue weighted by Crippen LogP contribution is -2.33. The van der Waals surface area contributed by atoms with Crippen LogP contribution in [0.4, 0.5) is 5.82 Å². The number of aryl methyl sites for hydroxylation is 2. The number of hydrogen-bond donors (Lipinski definition) is 6. The van der Waals surface area contributed by atoms with Gasteiger partial charge in [-0.1, -0.05) is 0 Å². The van der Waals surface area contributed by atoms with E-state index in [2.05, 4.69) is 14.5 Å². The molecule has 41 heavy (non-hydrogen) atoms. The summed E-state index contributed by atoms with van der Waals surface area (Å²) in [6, 6.07) is 0. The van der Waals surface area contributed by atoms with E-state index >= 15 is 0 Å². The average Bonchev–Trinajstić information content (AvgIpc) is 3.43. The molecule has 4 rings (SSSR count). The van der Waals surface area contributed by atoms with Crippen molar-refractivity contribution in [3.63, 3.8) is 0 Å². The SMILES string of the molecule is Cc1cn([C@@H]2C[C@H](OP(=O)(O)OC[C@H]3O[C@@H](n4cc(C)c(=O)[nH]c4=O)C[C@@H]3O)[C@@H](COP(=O)(O)O)O2)c(=O)nc1N. The maximum atomic E-state index is 12.8. The third-order valence-electron chi connectivity index (χ3n) is 6.40. The maximum absolute atomic E-state index is 12.8. The van der Waals surface area contributed by atoms with Crippen LogP contribution in [-0.2, 0) is 32.2 Å². The molecular weight excluding hydrogens is 596 g/mol. The molecule has 0 radical (unpaired) electrons. The summed E-state index contributed by atoms with van der Waals surface area (Å²) in [4.78, 5) is 70.4. The molecule has 0 bridgehead atoms. The number of aromatic nitrogens is 4. The molecule has 21 heteroatoms. The summed E-state index contributed by atoms with van der Waals surface area (Å²) in [6.45, 7) is 1.60. The second kappa shape index (κ2) is 12.0. The molecule has 2 aliphatic rings. The molecule has 2 aromatic heterocycles. The maximum Gasteiger partial charge on any atom is 0.472 e. The quantitative estimate of drug-likeness (QED) is 0.165. The Labute approximate surface area is 230 Å². The van der Waals surface area contributed by atoms with Crippen molar-refractivity contribution in [2.75, 3.05) is 18.9 Å². The molecule has 2 aliphatic heterocycles. The van der Waals surface area contributed by atoms with Gasteiger partial charge in [0.25, 0.3) is 5.56 Å². The second-order valence-corrected chi connectivity index (χ2v) is 12.1. The lowest BCUT2D eigenvalue weighted by molar-refractivity contribution is -0.0570. The van der Waals surface area contributed by atoms with Gasteiger partial charge in [-0.05, 0) is 13.8 Å². The minimum atomic E-state index is -4.97. The molecule has 2 saturated heterocycles. The van der Waals surface area contributed by atoms with Crippen molar-refractivity contribution in [2.45, 2.75) is 63.6 Å². The zero-order valence-electron chi connectivity index (χ0n) is 21.6. The van der Waals surface area contributed by atoms with Crippen LogP contribution in [0.25, 0.3) is 0 Å². The summed E-state index contributed by atoms with van der Waals surface area (Å²) in [7, 11) is -9.92. The minimum absolute atomic E-state index is 0.0224. The number of aromatic amines is 1. The van der Waals surface area contributed by atoms with Gasteiger partial charge in [0.2, 0.25) is 0 Å². The van der Waals surface area contributed by atoms with Crippen molar-refractivity contribution >= 4 is 21.5 Å². The third-order valence-corrected chi connectivity index (χ3v) is 7.90. The lowest BCUT2D eigenvalue weighted by Gasteiger charge is -2.22. The molecule has 0 saturated carbocycles. The smallest absolute Gasteiger partial charge is 0.390 e. The summed E-state index contributed by atoms with van der Waals surface area (Å²) < 4.78 is 52.1. The Kier molecular flexibility index (Phi) is 9.18. The Hall–Kier alpha value is -2.54. The molecule has 19 nitrogen and oxygen atoms in total. The van der Waals surface area contributed by atoms with E-state index in [1.807, 2.05) is 0 Å². The zero-order valence-corrected chi connectivity index (χ0v) is 23.4. The van der Waals surface area contributed by atoms with Crippen molar-refractivity contribution in [1.29, 1.82) is 0 Å². The minimum Gasteiger partial charge on any atom is -0.390 e.